The molecular weight excluding hydrogens is 249 g/mol. The van der Waals surface area contributed by atoms with E-state index in [4.69, 9.17) is 4.74 Å². The van der Waals surface area contributed by atoms with Crippen LogP contribution in [0.5, 0.6) is 0 Å². The summed E-state index contributed by atoms with van der Waals surface area (Å²) in [7, 11) is 0. The molecule has 102 valence electrons. The smallest absolute Gasteiger partial charge is 0.331 e. The summed E-state index contributed by atoms with van der Waals surface area (Å²) in [5.41, 5.74) is 0.670. The summed E-state index contributed by atoms with van der Waals surface area (Å²) < 4.78 is 17.6. The van der Waals surface area contributed by atoms with E-state index in [2.05, 4.69) is 5.32 Å². The minimum atomic E-state index is -0.842. The molecule has 1 aromatic carbocycles. The standard InChI is InChI=1S/C14H16FNO3/c1-3-16-14(18)10(2)19-13(17)9-6-11-4-7-12(15)8-5-11/h4-10H,3H2,1-2H3,(H,16,18)/b9-6+/t10-/m1/s1. The van der Waals surface area contributed by atoms with Crippen molar-refractivity contribution in [2.24, 2.45) is 0 Å². The number of nitrogens with one attached hydrogen (secondary N) is 1. The van der Waals surface area contributed by atoms with Crippen LogP contribution in [0.3, 0.4) is 0 Å². The molecule has 1 N–H and O–H groups in total. The Balaban J connectivity index is 2.51. The third-order valence-electron chi connectivity index (χ3n) is 2.30. The van der Waals surface area contributed by atoms with Crippen LogP contribution in [-0.2, 0) is 14.3 Å². The fourth-order valence-electron chi connectivity index (χ4n) is 1.32. The molecule has 0 bridgehead atoms. The van der Waals surface area contributed by atoms with E-state index in [1.54, 1.807) is 6.92 Å². The average Bonchev–Trinajstić information content (AvgIpc) is 2.38. The normalized spacial score (nSPS) is 12.2. The maximum atomic E-state index is 12.7. The molecule has 19 heavy (non-hydrogen) atoms. The third-order valence-corrected chi connectivity index (χ3v) is 2.30. The molecule has 0 fully saturated rings. The predicted octanol–water partition coefficient (Wildman–Crippen LogP) is 1.91. The summed E-state index contributed by atoms with van der Waals surface area (Å²) in [6, 6.07) is 5.66. The Morgan fingerprint density at radius 3 is 2.58 bits per heavy atom. The third kappa shape index (κ3) is 5.33. The Kier molecular flexibility index (Phi) is 5.73. The molecule has 0 aromatic heterocycles. The van der Waals surface area contributed by atoms with Gasteiger partial charge in [-0.3, -0.25) is 4.79 Å². The first-order valence-electron chi connectivity index (χ1n) is 5.95. The van der Waals surface area contributed by atoms with Gasteiger partial charge in [0.15, 0.2) is 6.10 Å². The second kappa shape index (κ2) is 7.31. The first-order valence-corrected chi connectivity index (χ1v) is 5.95. The number of rotatable bonds is 5. The highest BCUT2D eigenvalue weighted by Gasteiger charge is 2.14. The molecule has 4 nitrogen and oxygen atoms in total. The van der Waals surface area contributed by atoms with E-state index in [1.165, 1.54) is 43.3 Å². The van der Waals surface area contributed by atoms with E-state index in [0.717, 1.165) is 0 Å². The van der Waals surface area contributed by atoms with Gasteiger partial charge in [-0.2, -0.15) is 0 Å². The molecule has 0 spiro atoms. The van der Waals surface area contributed by atoms with Gasteiger partial charge in [-0.25, -0.2) is 9.18 Å². The topological polar surface area (TPSA) is 55.4 Å². The van der Waals surface area contributed by atoms with E-state index in [-0.39, 0.29) is 11.7 Å². The van der Waals surface area contributed by atoms with Crippen molar-refractivity contribution in [1.29, 1.82) is 0 Å². The first-order chi connectivity index (χ1) is 9.02. The first kappa shape index (κ1) is 14.9. The molecule has 0 aliphatic heterocycles. The van der Waals surface area contributed by atoms with E-state index in [0.29, 0.717) is 12.1 Å². The number of ether oxygens (including phenoxy) is 1. The summed E-state index contributed by atoms with van der Waals surface area (Å²) in [6.07, 6.45) is 1.85. The number of carbonyl (C=O) groups excluding carboxylic acids is 2. The number of amides is 1. The van der Waals surface area contributed by atoms with Gasteiger partial charge in [-0.1, -0.05) is 12.1 Å². The van der Waals surface area contributed by atoms with E-state index in [1.807, 2.05) is 0 Å². The SMILES string of the molecule is CCNC(=O)[C@@H](C)OC(=O)/C=C/c1ccc(F)cc1. The minimum absolute atomic E-state index is 0.342. The number of esters is 1. The molecule has 0 aliphatic carbocycles. The second-order valence-corrected chi connectivity index (χ2v) is 3.86. The van der Waals surface area contributed by atoms with Crippen LogP contribution in [0.25, 0.3) is 6.08 Å². The fourth-order valence-corrected chi connectivity index (χ4v) is 1.32. The van der Waals surface area contributed by atoms with Gasteiger partial charge in [0.2, 0.25) is 0 Å². The Morgan fingerprint density at radius 1 is 1.37 bits per heavy atom. The van der Waals surface area contributed by atoms with Crippen molar-refractivity contribution in [3.8, 4) is 0 Å². The Hall–Kier alpha value is -2.17. The van der Waals surface area contributed by atoms with Crippen LogP contribution < -0.4 is 5.32 Å². The number of hydrogen-bond acceptors (Lipinski definition) is 3. The summed E-state index contributed by atoms with van der Waals surface area (Å²) in [4.78, 5) is 22.8. The van der Waals surface area contributed by atoms with Gasteiger partial charge in [0, 0.05) is 12.6 Å². The van der Waals surface area contributed by atoms with Gasteiger partial charge in [-0.15, -0.1) is 0 Å². The highest BCUT2D eigenvalue weighted by Crippen LogP contribution is 2.05. The molecule has 0 saturated heterocycles. The Morgan fingerprint density at radius 2 is 2.00 bits per heavy atom. The van der Waals surface area contributed by atoms with Crippen molar-refractivity contribution < 1.29 is 18.7 Å². The van der Waals surface area contributed by atoms with Crippen molar-refractivity contribution in [3.63, 3.8) is 0 Å². The van der Waals surface area contributed by atoms with Crippen molar-refractivity contribution in [3.05, 3.63) is 41.7 Å². The molecule has 5 heteroatoms. The van der Waals surface area contributed by atoms with Gasteiger partial charge in [0.05, 0.1) is 0 Å². The number of carbonyl (C=O) groups is 2. The molecule has 0 aliphatic rings. The zero-order valence-electron chi connectivity index (χ0n) is 10.9. The van der Waals surface area contributed by atoms with Crippen LogP contribution in [-0.4, -0.2) is 24.5 Å². The fraction of sp³-hybridized carbons (Fsp3) is 0.286. The van der Waals surface area contributed by atoms with Gasteiger partial charge in [0.25, 0.3) is 5.91 Å². The predicted molar refractivity (Wildman–Crippen MR) is 69.7 cm³/mol. The summed E-state index contributed by atoms with van der Waals surface area (Å²) in [5.74, 6) is -1.31. The van der Waals surface area contributed by atoms with Gasteiger partial charge < -0.3 is 10.1 Å². The van der Waals surface area contributed by atoms with E-state index >= 15 is 0 Å². The quantitative estimate of drug-likeness (QED) is 0.653. The van der Waals surface area contributed by atoms with Gasteiger partial charge >= 0.3 is 5.97 Å². The Labute approximate surface area is 111 Å². The van der Waals surface area contributed by atoms with Crippen molar-refractivity contribution in [2.75, 3.05) is 6.54 Å². The lowest BCUT2D eigenvalue weighted by Gasteiger charge is -2.10. The lowest BCUT2D eigenvalue weighted by atomic mass is 10.2. The summed E-state index contributed by atoms with van der Waals surface area (Å²) in [5, 5.41) is 2.55. The monoisotopic (exact) mass is 265 g/mol. The molecular formula is C14H16FNO3. The number of halogens is 1. The molecule has 0 radical (unpaired) electrons. The van der Waals surface area contributed by atoms with Crippen molar-refractivity contribution in [1.82, 2.24) is 5.32 Å². The number of benzene rings is 1. The van der Waals surface area contributed by atoms with Crippen LogP contribution in [0.2, 0.25) is 0 Å². The molecule has 0 heterocycles. The summed E-state index contributed by atoms with van der Waals surface area (Å²) in [6.45, 7) is 3.75. The minimum Gasteiger partial charge on any atom is -0.449 e. The molecule has 1 aromatic rings. The lowest BCUT2D eigenvalue weighted by molar-refractivity contribution is -0.150. The largest absolute Gasteiger partial charge is 0.449 e. The van der Waals surface area contributed by atoms with Gasteiger partial charge in [-0.05, 0) is 37.6 Å². The molecule has 1 atom stereocenters. The van der Waals surface area contributed by atoms with Gasteiger partial charge in [0.1, 0.15) is 5.82 Å². The van der Waals surface area contributed by atoms with Crippen LogP contribution in [0.1, 0.15) is 19.4 Å². The highest BCUT2D eigenvalue weighted by atomic mass is 19.1. The molecule has 1 amide bonds. The van der Waals surface area contributed by atoms with Crippen LogP contribution in [0.15, 0.2) is 30.3 Å². The van der Waals surface area contributed by atoms with Crippen LogP contribution in [0, 0.1) is 5.82 Å². The summed E-state index contributed by atoms with van der Waals surface area (Å²) >= 11 is 0. The van der Waals surface area contributed by atoms with Crippen LogP contribution >= 0.6 is 0 Å². The molecule has 1 rings (SSSR count). The van der Waals surface area contributed by atoms with Crippen LogP contribution in [0.4, 0.5) is 4.39 Å². The molecule has 0 unspecified atom stereocenters. The van der Waals surface area contributed by atoms with E-state index < -0.39 is 12.1 Å². The lowest BCUT2D eigenvalue weighted by Crippen LogP contribution is -2.35. The maximum absolute atomic E-state index is 12.7. The molecule has 0 saturated carbocycles. The average molecular weight is 265 g/mol. The zero-order chi connectivity index (χ0) is 14.3. The van der Waals surface area contributed by atoms with Crippen molar-refractivity contribution >= 4 is 18.0 Å². The number of hydrogen-bond donors (Lipinski definition) is 1. The zero-order valence-corrected chi connectivity index (χ0v) is 10.9. The van der Waals surface area contributed by atoms with Crippen molar-refractivity contribution in [2.45, 2.75) is 20.0 Å². The second-order valence-electron chi connectivity index (χ2n) is 3.86. The van der Waals surface area contributed by atoms with E-state index in [9.17, 15) is 14.0 Å². The Bertz CT molecular complexity index is 468. The number of likely N-dealkylation sites (N-methyl/N-ethyl adjacent to an activating group) is 1. The maximum Gasteiger partial charge on any atom is 0.331 e. The highest BCUT2D eigenvalue weighted by molar-refractivity contribution is 5.90.